The van der Waals surface area contributed by atoms with E-state index in [4.69, 9.17) is 21.8 Å². The summed E-state index contributed by atoms with van der Waals surface area (Å²) >= 11 is 5.93. The van der Waals surface area contributed by atoms with Crippen molar-refractivity contribution in [1.29, 1.82) is 0 Å². The first-order chi connectivity index (χ1) is 8.02. The number of nitrogens with two attached hydrogens (primary N) is 1. The number of benzene rings is 1. The van der Waals surface area contributed by atoms with E-state index < -0.39 is 5.97 Å². The fourth-order valence-electron chi connectivity index (χ4n) is 1.62. The van der Waals surface area contributed by atoms with Gasteiger partial charge in [0.15, 0.2) is 0 Å². The van der Waals surface area contributed by atoms with Gasteiger partial charge in [0.25, 0.3) is 0 Å². The van der Waals surface area contributed by atoms with E-state index in [0.29, 0.717) is 21.9 Å². The molecule has 0 aliphatic heterocycles. The molecule has 17 heavy (non-hydrogen) atoms. The Hall–Kier alpha value is -1.52. The van der Waals surface area contributed by atoms with Gasteiger partial charge in [-0.05, 0) is 25.1 Å². The number of methoxy groups -OCH3 is 1. The van der Waals surface area contributed by atoms with Crippen LogP contribution in [0, 0.1) is 0 Å². The van der Waals surface area contributed by atoms with Crippen molar-refractivity contribution in [2.45, 2.75) is 13.0 Å². The molecule has 90 valence electrons. The molecule has 0 fully saturated rings. The van der Waals surface area contributed by atoms with Crippen molar-refractivity contribution in [1.82, 2.24) is 0 Å². The third-order valence-corrected chi connectivity index (χ3v) is 2.67. The van der Waals surface area contributed by atoms with Crippen LogP contribution in [0.15, 0.2) is 22.6 Å². The lowest BCUT2D eigenvalue weighted by atomic mass is 10.1. The van der Waals surface area contributed by atoms with Crippen LogP contribution in [0.2, 0.25) is 5.02 Å². The molecule has 0 saturated heterocycles. The van der Waals surface area contributed by atoms with Gasteiger partial charge in [0.05, 0.1) is 13.2 Å². The highest BCUT2D eigenvalue weighted by Gasteiger charge is 2.17. The van der Waals surface area contributed by atoms with Gasteiger partial charge in [0.2, 0.25) is 0 Å². The maximum atomic E-state index is 11.6. The zero-order valence-electron chi connectivity index (χ0n) is 9.49. The van der Waals surface area contributed by atoms with Crippen LogP contribution in [-0.4, -0.2) is 13.1 Å². The monoisotopic (exact) mass is 253 g/mol. The number of hydrogen-bond acceptors (Lipinski definition) is 4. The Morgan fingerprint density at radius 1 is 1.47 bits per heavy atom. The van der Waals surface area contributed by atoms with Crippen LogP contribution >= 0.6 is 11.6 Å². The highest BCUT2D eigenvalue weighted by atomic mass is 35.5. The Labute approximate surface area is 103 Å². The Morgan fingerprint density at radius 2 is 2.18 bits per heavy atom. The van der Waals surface area contributed by atoms with Crippen molar-refractivity contribution in [2.75, 3.05) is 7.11 Å². The molecule has 2 N–H and O–H groups in total. The quantitative estimate of drug-likeness (QED) is 0.836. The molecule has 0 saturated carbocycles. The molecule has 0 bridgehead atoms. The van der Waals surface area contributed by atoms with Gasteiger partial charge in [0, 0.05) is 10.4 Å². The second-order valence-corrected chi connectivity index (χ2v) is 4.24. The van der Waals surface area contributed by atoms with Crippen molar-refractivity contribution in [3.8, 4) is 0 Å². The van der Waals surface area contributed by atoms with E-state index in [2.05, 4.69) is 4.74 Å². The van der Waals surface area contributed by atoms with Crippen molar-refractivity contribution >= 4 is 28.5 Å². The van der Waals surface area contributed by atoms with Gasteiger partial charge >= 0.3 is 5.97 Å². The van der Waals surface area contributed by atoms with Crippen LogP contribution in [0.1, 0.15) is 29.1 Å². The smallest absolute Gasteiger partial charge is 0.341 e. The van der Waals surface area contributed by atoms with E-state index in [1.54, 1.807) is 19.1 Å². The minimum absolute atomic E-state index is 0.244. The van der Waals surface area contributed by atoms with Crippen LogP contribution in [0.25, 0.3) is 11.0 Å². The second-order valence-electron chi connectivity index (χ2n) is 3.80. The molecule has 2 rings (SSSR count). The fourth-order valence-corrected chi connectivity index (χ4v) is 1.85. The van der Waals surface area contributed by atoms with Gasteiger partial charge in [-0.1, -0.05) is 11.6 Å². The molecule has 1 atom stereocenters. The molecule has 0 spiro atoms. The van der Waals surface area contributed by atoms with Crippen LogP contribution < -0.4 is 5.73 Å². The topological polar surface area (TPSA) is 65.5 Å². The lowest BCUT2D eigenvalue weighted by molar-refractivity contribution is 0.0601. The summed E-state index contributed by atoms with van der Waals surface area (Å²) < 4.78 is 10.2. The number of halogens is 1. The van der Waals surface area contributed by atoms with Crippen LogP contribution in [0.5, 0.6) is 0 Å². The zero-order chi connectivity index (χ0) is 12.6. The summed E-state index contributed by atoms with van der Waals surface area (Å²) in [5.41, 5.74) is 6.49. The molecule has 0 aliphatic rings. The summed E-state index contributed by atoms with van der Waals surface area (Å²) in [5, 5.41) is 1.19. The van der Waals surface area contributed by atoms with Gasteiger partial charge < -0.3 is 14.9 Å². The first kappa shape index (κ1) is 12.0. The van der Waals surface area contributed by atoms with Gasteiger partial charge in [-0.3, -0.25) is 0 Å². The maximum absolute atomic E-state index is 11.6. The van der Waals surface area contributed by atoms with E-state index in [0.717, 1.165) is 5.39 Å². The molecule has 0 radical (unpaired) electrons. The minimum atomic E-state index is -0.483. The number of carbonyl (C=O) groups excluding carboxylic acids is 1. The molecule has 1 aromatic carbocycles. The SMILES string of the molecule is COC(=O)c1cc(Cl)cc2cc([C@H](C)N)oc12. The zero-order valence-corrected chi connectivity index (χ0v) is 10.2. The summed E-state index contributed by atoms with van der Waals surface area (Å²) in [6.45, 7) is 1.80. The van der Waals surface area contributed by atoms with Gasteiger partial charge in [0.1, 0.15) is 16.9 Å². The van der Waals surface area contributed by atoms with Crippen LogP contribution in [0.4, 0.5) is 0 Å². The predicted molar refractivity (Wildman–Crippen MR) is 65.2 cm³/mol. The predicted octanol–water partition coefficient (Wildman–Crippen LogP) is 2.89. The normalized spacial score (nSPS) is 12.7. The lowest BCUT2D eigenvalue weighted by Gasteiger charge is -2.01. The van der Waals surface area contributed by atoms with E-state index in [9.17, 15) is 4.79 Å². The lowest BCUT2D eigenvalue weighted by Crippen LogP contribution is -2.03. The number of esters is 1. The van der Waals surface area contributed by atoms with Crippen molar-refractivity contribution < 1.29 is 13.9 Å². The van der Waals surface area contributed by atoms with Crippen LogP contribution in [0.3, 0.4) is 0 Å². The number of furan rings is 1. The number of rotatable bonds is 2. The molecule has 1 aromatic heterocycles. The third kappa shape index (κ3) is 2.14. The second kappa shape index (κ2) is 4.39. The number of hydrogen-bond donors (Lipinski definition) is 1. The summed E-state index contributed by atoms with van der Waals surface area (Å²) in [4.78, 5) is 11.6. The van der Waals surface area contributed by atoms with Crippen molar-refractivity contribution in [3.63, 3.8) is 0 Å². The molecule has 0 amide bonds. The van der Waals surface area contributed by atoms with E-state index in [1.165, 1.54) is 13.2 Å². The first-order valence-corrected chi connectivity index (χ1v) is 5.47. The van der Waals surface area contributed by atoms with E-state index >= 15 is 0 Å². The highest BCUT2D eigenvalue weighted by molar-refractivity contribution is 6.32. The fraction of sp³-hybridized carbons (Fsp3) is 0.250. The molecular weight excluding hydrogens is 242 g/mol. The van der Waals surface area contributed by atoms with Crippen LogP contribution in [-0.2, 0) is 4.74 Å². The molecule has 1 heterocycles. The third-order valence-electron chi connectivity index (χ3n) is 2.45. The maximum Gasteiger partial charge on any atom is 0.341 e. The summed E-state index contributed by atoms with van der Waals surface area (Å²) in [5.74, 6) is 0.121. The largest absolute Gasteiger partial charge is 0.465 e. The molecule has 0 unspecified atom stereocenters. The van der Waals surface area contributed by atoms with Gasteiger partial charge in [-0.2, -0.15) is 0 Å². The molecule has 2 aromatic rings. The Kier molecular flexibility index (Phi) is 3.09. The average Bonchev–Trinajstić information content (AvgIpc) is 2.70. The standard InChI is InChI=1S/C12H12ClNO3/c1-6(14)10-4-7-3-8(13)5-9(11(7)17-10)12(15)16-2/h3-6H,14H2,1-2H3/t6-/m0/s1. The first-order valence-electron chi connectivity index (χ1n) is 5.10. The van der Waals surface area contributed by atoms with Gasteiger partial charge in [-0.15, -0.1) is 0 Å². The minimum Gasteiger partial charge on any atom is -0.465 e. The van der Waals surface area contributed by atoms with E-state index in [-0.39, 0.29) is 6.04 Å². The van der Waals surface area contributed by atoms with Gasteiger partial charge in [-0.25, -0.2) is 4.79 Å². The molecule has 4 nitrogen and oxygen atoms in total. The number of carbonyl (C=O) groups is 1. The average molecular weight is 254 g/mol. The summed E-state index contributed by atoms with van der Waals surface area (Å²) in [6.07, 6.45) is 0. The summed E-state index contributed by atoms with van der Waals surface area (Å²) in [6, 6.07) is 4.77. The molecule has 5 heteroatoms. The highest BCUT2D eigenvalue weighted by Crippen LogP contribution is 2.29. The van der Waals surface area contributed by atoms with Crippen molar-refractivity contribution in [3.05, 3.63) is 34.5 Å². The molecule has 0 aliphatic carbocycles. The summed E-state index contributed by atoms with van der Waals surface area (Å²) in [7, 11) is 1.31. The number of ether oxygens (including phenoxy) is 1. The Morgan fingerprint density at radius 3 is 2.76 bits per heavy atom. The van der Waals surface area contributed by atoms with E-state index in [1.807, 2.05) is 0 Å². The van der Waals surface area contributed by atoms with Crippen molar-refractivity contribution in [2.24, 2.45) is 5.73 Å². The Balaban J connectivity index is 2.69. The molecular formula is C12H12ClNO3. The number of fused-ring (bicyclic) bond motifs is 1. The Bertz CT molecular complexity index is 574.